The van der Waals surface area contributed by atoms with Crippen molar-refractivity contribution >= 4 is 69.4 Å². The van der Waals surface area contributed by atoms with Gasteiger partial charge in [-0.25, -0.2) is 9.78 Å². The number of nitrogen functional groups attached to an aromatic ring is 1. The van der Waals surface area contributed by atoms with Crippen molar-refractivity contribution in [1.82, 2.24) is 25.4 Å². The van der Waals surface area contributed by atoms with E-state index in [4.69, 9.17) is 21.8 Å². The highest BCUT2D eigenvalue weighted by atomic mass is 35.5. The third-order valence-electron chi connectivity index (χ3n) is 4.22. The van der Waals surface area contributed by atoms with Crippen LogP contribution < -0.4 is 11.1 Å². The van der Waals surface area contributed by atoms with Gasteiger partial charge in [-0.05, 0) is 16.9 Å². The SMILES string of the molecule is Nc1nc(C(N=O)C(=O)N[C@@H]2C(=O)N3C(C(=O)O)=C(Sc4nnco4)CSC23)c(Cl)s1. The van der Waals surface area contributed by atoms with E-state index in [1.165, 1.54) is 11.8 Å². The molecule has 2 amide bonds. The molecule has 162 valence electrons. The average Bonchev–Trinajstić information content (AvgIpc) is 3.35. The van der Waals surface area contributed by atoms with E-state index in [1.807, 2.05) is 0 Å². The normalized spacial score (nSPS) is 21.3. The van der Waals surface area contributed by atoms with Gasteiger partial charge in [0.1, 0.15) is 27.1 Å². The number of nitrogens with zero attached hydrogens (tertiary/aromatic N) is 5. The van der Waals surface area contributed by atoms with E-state index < -0.39 is 35.2 Å². The van der Waals surface area contributed by atoms with Crippen LogP contribution in [0.5, 0.6) is 0 Å². The molecule has 4 N–H and O–H groups in total. The number of carbonyl (C=O) groups excluding carboxylic acids is 2. The maximum atomic E-state index is 12.7. The van der Waals surface area contributed by atoms with E-state index >= 15 is 0 Å². The molecule has 3 atom stereocenters. The van der Waals surface area contributed by atoms with Crippen LogP contribution >= 0.6 is 46.5 Å². The fourth-order valence-electron chi connectivity index (χ4n) is 2.93. The number of fused-ring (bicyclic) bond motifs is 1. The van der Waals surface area contributed by atoms with Gasteiger partial charge in [0.25, 0.3) is 17.0 Å². The van der Waals surface area contributed by atoms with Crippen LogP contribution in [0.25, 0.3) is 0 Å². The van der Waals surface area contributed by atoms with Crippen LogP contribution in [0.1, 0.15) is 11.7 Å². The van der Waals surface area contributed by atoms with E-state index in [0.29, 0.717) is 4.91 Å². The summed E-state index contributed by atoms with van der Waals surface area (Å²) < 4.78 is 5.05. The first-order valence-electron chi connectivity index (χ1n) is 8.21. The molecule has 0 spiro atoms. The zero-order valence-corrected chi connectivity index (χ0v) is 18.1. The number of carboxylic acids is 1. The second kappa shape index (κ2) is 8.45. The molecule has 2 aromatic rings. The number of hydrogen-bond acceptors (Lipinski definition) is 13. The van der Waals surface area contributed by atoms with Crippen LogP contribution in [0.3, 0.4) is 0 Å². The molecule has 13 nitrogen and oxygen atoms in total. The van der Waals surface area contributed by atoms with Gasteiger partial charge in [-0.15, -0.1) is 26.9 Å². The number of aromatic nitrogens is 3. The number of amides is 2. The second-order valence-electron chi connectivity index (χ2n) is 6.00. The molecule has 0 aromatic carbocycles. The smallest absolute Gasteiger partial charge is 0.353 e. The number of nitrogens with two attached hydrogens (primary N) is 1. The number of thiazole rings is 1. The summed E-state index contributed by atoms with van der Waals surface area (Å²) in [7, 11) is 0. The summed E-state index contributed by atoms with van der Waals surface area (Å²) in [6, 6.07) is -2.66. The third-order valence-corrected chi connectivity index (χ3v) is 7.74. The molecule has 0 saturated carbocycles. The highest BCUT2D eigenvalue weighted by Crippen LogP contribution is 2.45. The summed E-state index contributed by atoms with van der Waals surface area (Å²) >= 11 is 8.99. The Bertz CT molecular complexity index is 1110. The van der Waals surface area contributed by atoms with Crippen molar-refractivity contribution < 1.29 is 23.9 Å². The molecule has 1 saturated heterocycles. The molecule has 1 fully saturated rings. The Hall–Kier alpha value is -2.69. The van der Waals surface area contributed by atoms with Crippen molar-refractivity contribution in [1.29, 1.82) is 0 Å². The average molecular weight is 504 g/mol. The number of halogens is 1. The van der Waals surface area contributed by atoms with Crippen molar-refractivity contribution in [2.75, 3.05) is 11.5 Å². The molecule has 0 bridgehead atoms. The van der Waals surface area contributed by atoms with Crippen molar-refractivity contribution in [3.8, 4) is 0 Å². The van der Waals surface area contributed by atoms with Crippen molar-refractivity contribution in [2.24, 2.45) is 5.18 Å². The Morgan fingerprint density at radius 2 is 2.29 bits per heavy atom. The van der Waals surface area contributed by atoms with Gasteiger partial charge in [0.15, 0.2) is 5.13 Å². The number of thioether (sulfide) groups is 2. The van der Waals surface area contributed by atoms with Gasteiger partial charge in [0.2, 0.25) is 12.4 Å². The molecule has 17 heteroatoms. The lowest BCUT2D eigenvalue weighted by Gasteiger charge is -2.49. The molecular formula is C14H10ClN7O6S3. The number of β-lactam (4-membered cyclic amide) rings is 1. The van der Waals surface area contributed by atoms with Crippen molar-refractivity contribution in [2.45, 2.75) is 22.7 Å². The third kappa shape index (κ3) is 3.86. The van der Waals surface area contributed by atoms with Crippen LogP contribution in [-0.4, -0.2) is 60.1 Å². The molecule has 4 rings (SSSR count). The first kappa shape index (κ1) is 21.5. The molecular weight excluding hydrogens is 494 g/mol. The first-order chi connectivity index (χ1) is 14.8. The molecule has 4 heterocycles. The van der Waals surface area contributed by atoms with E-state index in [1.54, 1.807) is 0 Å². The largest absolute Gasteiger partial charge is 0.477 e. The minimum atomic E-state index is -1.60. The summed E-state index contributed by atoms with van der Waals surface area (Å²) in [4.78, 5) is 53.6. The number of rotatable bonds is 7. The van der Waals surface area contributed by atoms with E-state index in [0.717, 1.165) is 34.4 Å². The number of carboxylic acid groups (broad SMARTS) is 1. The fraction of sp³-hybridized carbons (Fsp3) is 0.286. The summed E-state index contributed by atoms with van der Waals surface area (Å²) in [5, 5.41) is 21.5. The maximum Gasteiger partial charge on any atom is 0.353 e. The Morgan fingerprint density at radius 1 is 1.52 bits per heavy atom. The minimum absolute atomic E-state index is 0.0321. The zero-order chi connectivity index (χ0) is 22.3. The monoisotopic (exact) mass is 503 g/mol. The van der Waals surface area contributed by atoms with E-state index in [2.05, 4.69) is 25.7 Å². The minimum Gasteiger partial charge on any atom is -0.477 e. The molecule has 2 unspecified atom stereocenters. The molecule has 0 aliphatic carbocycles. The van der Waals surface area contributed by atoms with Crippen LogP contribution in [-0.2, 0) is 14.4 Å². The van der Waals surface area contributed by atoms with Gasteiger partial charge < -0.3 is 20.6 Å². The standard InChI is InChI=1S/C14H10ClN7O6S3/c15-8-4(19-13(16)31-8)5(21-27)9(23)18-6-10(24)22-7(12(25)26)3(1-29-11(6)22)30-14-20-17-2-28-14/h2,5-6,11H,1H2,(H2,16,19)(H,18,23)(H,25,26)/t5?,6-,11?/m1/s1. The van der Waals surface area contributed by atoms with Gasteiger partial charge >= 0.3 is 5.97 Å². The Balaban J connectivity index is 1.52. The molecule has 2 aromatic heterocycles. The van der Waals surface area contributed by atoms with Crippen molar-refractivity contribution in [3.63, 3.8) is 0 Å². The Kier molecular flexibility index (Phi) is 5.87. The van der Waals surface area contributed by atoms with Crippen LogP contribution in [0.2, 0.25) is 4.34 Å². The van der Waals surface area contributed by atoms with Gasteiger partial charge in [-0.1, -0.05) is 22.9 Å². The number of nitroso groups, excluding NO2 is 1. The Morgan fingerprint density at radius 3 is 2.87 bits per heavy atom. The summed E-state index contributed by atoms with van der Waals surface area (Å²) in [6.07, 6.45) is 1.10. The predicted molar refractivity (Wildman–Crippen MR) is 110 cm³/mol. The van der Waals surface area contributed by atoms with Crippen LogP contribution in [0.4, 0.5) is 5.13 Å². The predicted octanol–water partition coefficient (Wildman–Crippen LogP) is 1.06. The number of hydrogen-bond donors (Lipinski definition) is 3. The van der Waals surface area contributed by atoms with Crippen LogP contribution in [0, 0.1) is 4.91 Å². The number of anilines is 1. The topological polar surface area (TPSA) is 194 Å². The first-order valence-corrected chi connectivity index (χ1v) is 11.3. The number of nitrogens with one attached hydrogen (secondary N) is 1. The lowest BCUT2D eigenvalue weighted by atomic mass is 10.0. The van der Waals surface area contributed by atoms with Gasteiger partial charge in [0.05, 0.1) is 0 Å². The fourth-order valence-corrected chi connectivity index (χ4v) is 6.21. The summed E-state index contributed by atoms with van der Waals surface area (Å²) in [6.45, 7) is 0. The van der Waals surface area contributed by atoms with Gasteiger partial charge in [-0.2, -0.15) is 0 Å². The van der Waals surface area contributed by atoms with E-state index in [9.17, 15) is 24.4 Å². The van der Waals surface area contributed by atoms with Gasteiger partial charge in [0, 0.05) is 10.7 Å². The molecule has 31 heavy (non-hydrogen) atoms. The maximum absolute atomic E-state index is 12.7. The van der Waals surface area contributed by atoms with Crippen molar-refractivity contribution in [3.05, 3.63) is 31.9 Å². The molecule has 2 aliphatic rings. The summed E-state index contributed by atoms with van der Waals surface area (Å²) in [5.74, 6) is -2.64. The zero-order valence-electron chi connectivity index (χ0n) is 14.9. The van der Waals surface area contributed by atoms with E-state index in [-0.39, 0.29) is 31.8 Å². The second-order valence-corrected chi connectivity index (χ2v) is 9.78. The van der Waals surface area contributed by atoms with Crippen LogP contribution in [0.15, 0.2) is 31.8 Å². The lowest BCUT2D eigenvalue weighted by Crippen LogP contribution is -2.70. The molecule has 0 radical (unpaired) electrons. The highest BCUT2D eigenvalue weighted by Gasteiger charge is 2.55. The lowest BCUT2D eigenvalue weighted by molar-refractivity contribution is -0.150. The Labute approximate surface area is 189 Å². The molecule has 2 aliphatic heterocycles. The quantitative estimate of drug-likeness (QED) is 0.359. The van der Waals surface area contributed by atoms with Gasteiger partial charge in [-0.3, -0.25) is 14.5 Å². The highest BCUT2D eigenvalue weighted by molar-refractivity contribution is 8.06. The summed E-state index contributed by atoms with van der Waals surface area (Å²) in [5.41, 5.74) is 5.19. The number of aliphatic carboxylic acids is 1. The number of carbonyl (C=O) groups is 3.